The summed E-state index contributed by atoms with van der Waals surface area (Å²) in [6, 6.07) is 17.4. The van der Waals surface area contributed by atoms with Crippen LogP contribution in [-0.4, -0.2) is 41.5 Å². The van der Waals surface area contributed by atoms with E-state index in [1.165, 1.54) is 29.5 Å². The quantitative estimate of drug-likeness (QED) is 0.527. The number of primary amides is 1. The average molecular weight is 486 g/mol. The number of anilines is 3. The maximum Gasteiger partial charge on any atom is 0.308 e. The van der Waals surface area contributed by atoms with Gasteiger partial charge < -0.3 is 20.3 Å². The summed E-state index contributed by atoms with van der Waals surface area (Å²) in [6.07, 6.45) is 3.72. The first-order valence-electron chi connectivity index (χ1n) is 12.4. The van der Waals surface area contributed by atoms with Crippen LogP contribution >= 0.6 is 0 Å². The predicted octanol–water partition coefficient (Wildman–Crippen LogP) is 3.96. The molecule has 1 saturated heterocycles. The number of hydrogen-bond donors (Lipinski definition) is 1. The number of piperidine rings is 1. The molecule has 36 heavy (non-hydrogen) atoms. The van der Waals surface area contributed by atoms with Crippen molar-refractivity contribution in [3.8, 4) is 5.75 Å². The van der Waals surface area contributed by atoms with Gasteiger partial charge in [-0.25, -0.2) is 9.97 Å². The molecule has 0 aliphatic carbocycles. The highest BCUT2D eigenvalue weighted by Gasteiger charge is 2.26. The van der Waals surface area contributed by atoms with Crippen molar-refractivity contribution in [1.82, 2.24) is 9.97 Å². The van der Waals surface area contributed by atoms with Crippen LogP contribution < -0.4 is 20.3 Å². The molecule has 0 spiro atoms. The highest BCUT2D eigenvalue weighted by Crippen LogP contribution is 2.37. The molecule has 0 bridgehead atoms. The highest BCUT2D eigenvalue weighted by molar-refractivity contribution is 5.94. The van der Waals surface area contributed by atoms with Crippen molar-refractivity contribution >= 4 is 28.9 Å². The van der Waals surface area contributed by atoms with E-state index in [4.69, 9.17) is 10.5 Å². The van der Waals surface area contributed by atoms with E-state index in [-0.39, 0.29) is 11.4 Å². The molecule has 8 nitrogen and oxygen atoms in total. The molecule has 186 valence electrons. The maximum atomic E-state index is 11.9. The van der Waals surface area contributed by atoms with Crippen molar-refractivity contribution < 1.29 is 14.3 Å². The summed E-state index contributed by atoms with van der Waals surface area (Å²) in [7, 11) is 0. The van der Waals surface area contributed by atoms with Gasteiger partial charge in [-0.15, -0.1) is 0 Å². The first kappa shape index (κ1) is 23.8. The largest absolute Gasteiger partial charge is 0.422 e. The third kappa shape index (κ3) is 4.89. The number of fused-ring (bicyclic) bond motifs is 1. The van der Waals surface area contributed by atoms with Crippen LogP contribution in [0.2, 0.25) is 0 Å². The van der Waals surface area contributed by atoms with Crippen LogP contribution in [0, 0.1) is 12.8 Å². The molecule has 8 heteroatoms. The molecule has 1 aromatic heterocycles. The van der Waals surface area contributed by atoms with E-state index in [1.807, 2.05) is 0 Å². The van der Waals surface area contributed by atoms with Crippen molar-refractivity contribution in [1.29, 1.82) is 0 Å². The number of benzene rings is 2. The summed E-state index contributed by atoms with van der Waals surface area (Å²) in [6.45, 7) is 5.89. The third-order valence-corrected chi connectivity index (χ3v) is 7.04. The first-order valence-corrected chi connectivity index (χ1v) is 12.4. The number of carbonyl (C=O) groups is 2. The summed E-state index contributed by atoms with van der Waals surface area (Å²) in [5, 5.41) is 0. The zero-order valence-electron chi connectivity index (χ0n) is 20.7. The fourth-order valence-corrected chi connectivity index (χ4v) is 5.26. The second kappa shape index (κ2) is 9.97. The number of rotatable bonds is 6. The molecule has 2 aliphatic rings. The average Bonchev–Trinajstić information content (AvgIpc) is 3.29. The Kier molecular flexibility index (Phi) is 6.59. The lowest BCUT2D eigenvalue weighted by Gasteiger charge is -2.34. The fraction of sp³-hybridized carbons (Fsp3) is 0.357. The summed E-state index contributed by atoms with van der Waals surface area (Å²) in [5.74, 6) is -0.243. The Bertz CT molecular complexity index is 1290. The van der Waals surface area contributed by atoms with E-state index in [0.29, 0.717) is 23.9 Å². The summed E-state index contributed by atoms with van der Waals surface area (Å²) >= 11 is 0. The van der Waals surface area contributed by atoms with Crippen LogP contribution in [0.25, 0.3) is 0 Å². The monoisotopic (exact) mass is 485 g/mol. The van der Waals surface area contributed by atoms with Crippen LogP contribution in [0.4, 0.5) is 17.1 Å². The number of amides is 1. The Hall–Kier alpha value is -3.94. The number of carbonyl (C=O) groups excluding carboxylic acids is 2. The molecule has 0 saturated carbocycles. The summed E-state index contributed by atoms with van der Waals surface area (Å²) in [5.41, 5.74) is 11.1. The minimum Gasteiger partial charge on any atom is -0.422 e. The SMILES string of the molecule is CC(=O)Oc1c(C)nc(CC2CCN(c3ccc4c(c3)CCN4c3ccccc3)CC2)nc1C(N)=O. The van der Waals surface area contributed by atoms with Gasteiger partial charge in [0.25, 0.3) is 5.91 Å². The molecule has 3 aromatic rings. The zero-order chi connectivity index (χ0) is 25.2. The van der Waals surface area contributed by atoms with E-state index >= 15 is 0 Å². The first-order chi connectivity index (χ1) is 17.4. The van der Waals surface area contributed by atoms with Gasteiger partial charge in [-0.2, -0.15) is 0 Å². The van der Waals surface area contributed by atoms with E-state index in [2.05, 4.69) is 68.3 Å². The van der Waals surface area contributed by atoms with Gasteiger partial charge >= 0.3 is 5.97 Å². The van der Waals surface area contributed by atoms with Gasteiger partial charge in [-0.3, -0.25) is 9.59 Å². The molecule has 0 unspecified atom stereocenters. The number of aromatic nitrogens is 2. The zero-order valence-corrected chi connectivity index (χ0v) is 20.7. The lowest BCUT2D eigenvalue weighted by molar-refractivity contribution is -0.132. The third-order valence-electron chi connectivity index (χ3n) is 7.04. The summed E-state index contributed by atoms with van der Waals surface area (Å²) in [4.78, 5) is 37.0. The van der Waals surface area contributed by atoms with Gasteiger partial charge in [0.1, 0.15) is 5.82 Å². The van der Waals surface area contributed by atoms with E-state index in [1.54, 1.807) is 6.92 Å². The van der Waals surface area contributed by atoms with Crippen LogP contribution in [0.5, 0.6) is 5.75 Å². The van der Waals surface area contributed by atoms with Gasteiger partial charge in [-0.05, 0) is 68.0 Å². The number of esters is 1. The Morgan fingerprint density at radius 1 is 1.03 bits per heavy atom. The van der Waals surface area contributed by atoms with Gasteiger partial charge in [0.05, 0.1) is 5.69 Å². The lowest BCUT2D eigenvalue weighted by Crippen LogP contribution is -2.34. The Morgan fingerprint density at radius 3 is 2.47 bits per heavy atom. The smallest absolute Gasteiger partial charge is 0.308 e. The second-order valence-corrected chi connectivity index (χ2v) is 9.55. The topological polar surface area (TPSA) is 102 Å². The van der Waals surface area contributed by atoms with E-state index in [0.717, 1.165) is 38.9 Å². The number of aryl methyl sites for hydroxylation is 1. The van der Waals surface area contributed by atoms with Crippen molar-refractivity contribution in [3.63, 3.8) is 0 Å². The van der Waals surface area contributed by atoms with Crippen molar-refractivity contribution in [2.45, 2.75) is 39.5 Å². The van der Waals surface area contributed by atoms with Crippen LogP contribution in [0.15, 0.2) is 48.5 Å². The molecule has 2 aromatic carbocycles. The van der Waals surface area contributed by atoms with E-state index < -0.39 is 11.9 Å². The van der Waals surface area contributed by atoms with Crippen LogP contribution in [0.3, 0.4) is 0 Å². The van der Waals surface area contributed by atoms with Gasteiger partial charge in [0.2, 0.25) is 0 Å². The van der Waals surface area contributed by atoms with Gasteiger partial charge in [0, 0.05) is 50.0 Å². The molecule has 2 aliphatic heterocycles. The summed E-state index contributed by atoms with van der Waals surface area (Å²) < 4.78 is 5.13. The van der Waals surface area contributed by atoms with Crippen molar-refractivity contribution in [2.75, 3.05) is 29.4 Å². The molecular weight excluding hydrogens is 454 g/mol. The van der Waals surface area contributed by atoms with Gasteiger partial charge in [-0.1, -0.05) is 18.2 Å². The highest BCUT2D eigenvalue weighted by atomic mass is 16.5. The molecule has 2 N–H and O–H groups in total. The number of hydrogen-bond acceptors (Lipinski definition) is 7. The van der Waals surface area contributed by atoms with E-state index in [9.17, 15) is 9.59 Å². The van der Waals surface area contributed by atoms with Crippen LogP contribution in [0.1, 0.15) is 47.3 Å². The molecule has 1 amide bonds. The van der Waals surface area contributed by atoms with Crippen molar-refractivity contribution in [3.05, 3.63) is 71.3 Å². The Balaban J connectivity index is 1.24. The minimum absolute atomic E-state index is 0.0344. The molecule has 0 atom stereocenters. The predicted molar refractivity (Wildman–Crippen MR) is 139 cm³/mol. The number of ether oxygens (including phenoxy) is 1. The fourth-order valence-electron chi connectivity index (χ4n) is 5.26. The Labute approximate surface area is 211 Å². The van der Waals surface area contributed by atoms with Crippen molar-refractivity contribution in [2.24, 2.45) is 11.7 Å². The second-order valence-electron chi connectivity index (χ2n) is 9.55. The molecular formula is C28H31N5O3. The standard InChI is InChI=1S/C28H31N5O3/c1-18-27(36-19(2)34)26(28(29)35)31-25(30-18)16-20-10-13-32(14-11-20)23-8-9-24-21(17-23)12-15-33(24)22-6-4-3-5-7-22/h3-9,17,20H,10-16H2,1-2H3,(H2,29,35). The molecule has 3 heterocycles. The molecule has 1 fully saturated rings. The maximum absolute atomic E-state index is 11.9. The molecule has 5 rings (SSSR count). The number of nitrogens with two attached hydrogens (primary N) is 1. The lowest BCUT2D eigenvalue weighted by atomic mass is 9.92. The van der Waals surface area contributed by atoms with Gasteiger partial charge in [0.15, 0.2) is 11.4 Å². The Morgan fingerprint density at radius 2 is 1.78 bits per heavy atom. The number of para-hydroxylation sites is 1. The minimum atomic E-state index is -0.727. The van der Waals surface area contributed by atoms with Crippen LogP contribution in [-0.2, 0) is 17.6 Å². The molecule has 0 radical (unpaired) electrons. The normalized spacial score (nSPS) is 15.6. The number of nitrogens with zero attached hydrogens (tertiary/aromatic N) is 4.